The summed E-state index contributed by atoms with van der Waals surface area (Å²) in [6, 6.07) is 0. The fraction of sp³-hybridized carbons (Fsp3) is 0.667. The highest BCUT2D eigenvalue weighted by Crippen LogP contribution is 2.11. The van der Waals surface area contributed by atoms with Crippen LogP contribution in [-0.4, -0.2) is 9.97 Å². The van der Waals surface area contributed by atoms with Crippen molar-refractivity contribution in [1.29, 1.82) is 0 Å². The average Bonchev–Trinajstić information content (AvgIpc) is 2.19. The summed E-state index contributed by atoms with van der Waals surface area (Å²) in [4.78, 5) is 8.75. The Hall–Kier alpha value is -0.920. The molecule has 0 atom stereocenters. The maximum atomic E-state index is 4.41. The van der Waals surface area contributed by atoms with Gasteiger partial charge in [0.05, 0.1) is 0 Å². The zero-order chi connectivity index (χ0) is 11.1. The van der Waals surface area contributed by atoms with Crippen LogP contribution in [0, 0.1) is 13.8 Å². The van der Waals surface area contributed by atoms with Crippen molar-refractivity contribution in [3.63, 3.8) is 0 Å². The van der Waals surface area contributed by atoms with Crippen molar-refractivity contribution in [2.45, 2.75) is 54.4 Å². The Labute approximate surface area is 87.8 Å². The molecule has 2 nitrogen and oxygen atoms in total. The zero-order valence-corrected chi connectivity index (χ0v) is 10.3. The summed E-state index contributed by atoms with van der Waals surface area (Å²) in [5, 5.41) is 0. The Morgan fingerprint density at radius 3 is 1.93 bits per heavy atom. The van der Waals surface area contributed by atoms with E-state index in [0.29, 0.717) is 0 Å². The summed E-state index contributed by atoms with van der Waals surface area (Å²) in [7, 11) is 0. The van der Waals surface area contributed by atoms with E-state index < -0.39 is 0 Å². The minimum absolute atomic E-state index is 0.890. The second-order valence-electron chi connectivity index (χ2n) is 2.99. The van der Waals surface area contributed by atoms with Crippen LogP contribution < -0.4 is 0 Å². The summed E-state index contributed by atoms with van der Waals surface area (Å²) in [5.41, 5.74) is 3.67. The number of rotatable bonds is 2. The van der Waals surface area contributed by atoms with Crippen molar-refractivity contribution in [3.8, 4) is 0 Å². The van der Waals surface area contributed by atoms with Gasteiger partial charge in [-0.05, 0) is 32.3 Å². The standard InChI is InChI=1S/C10H16N2.C2H6/c1-5-9-7(3)11-8(4)12-10(9)6-2;1-2/h5-6H2,1-4H3;1-2H3. The lowest BCUT2D eigenvalue weighted by atomic mass is 10.1. The van der Waals surface area contributed by atoms with Crippen LogP contribution in [0.3, 0.4) is 0 Å². The molecule has 1 heterocycles. The highest BCUT2D eigenvalue weighted by Gasteiger charge is 2.05. The fourth-order valence-corrected chi connectivity index (χ4v) is 1.56. The van der Waals surface area contributed by atoms with E-state index in [1.165, 1.54) is 11.3 Å². The van der Waals surface area contributed by atoms with E-state index in [0.717, 1.165) is 24.4 Å². The van der Waals surface area contributed by atoms with Crippen LogP contribution >= 0.6 is 0 Å². The molecule has 1 aromatic heterocycles. The largest absolute Gasteiger partial charge is 0.238 e. The van der Waals surface area contributed by atoms with E-state index in [4.69, 9.17) is 0 Å². The van der Waals surface area contributed by atoms with Gasteiger partial charge in [0.2, 0.25) is 0 Å². The summed E-state index contributed by atoms with van der Waals surface area (Å²) < 4.78 is 0. The Morgan fingerprint density at radius 2 is 1.50 bits per heavy atom. The van der Waals surface area contributed by atoms with Crippen molar-refractivity contribution in [2.24, 2.45) is 0 Å². The molecule has 0 bridgehead atoms. The third-order valence-corrected chi connectivity index (χ3v) is 2.10. The molecule has 0 saturated carbocycles. The molecule has 0 aliphatic heterocycles. The van der Waals surface area contributed by atoms with Gasteiger partial charge >= 0.3 is 0 Å². The van der Waals surface area contributed by atoms with Gasteiger partial charge < -0.3 is 0 Å². The van der Waals surface area contributed by atoms with Crippen LogP contribution in [0.25, 0.3) is 0 Å². The van der Waals surface area contributed by atoms with E-state index in [1.54, 1.807) is 0 Å². The normalized spacial score (nSPS) is 9.29. The van der Waals surface area contributed by atoms with Crippen molar-refractivity contribution >= 4 is 0 Å². The fourth-order valence-electron chi connectivity index (χ4n) is 1.56. The van der Waals surface area contributed by atoms with Crippen molar-refractivity contribution in [1.82, 2.24) is 9.97 Å². The first kappa shape index (κ1) is 13.1. The lowest BCUT2D eigenvalue weighted by Gasteiger charge is -2.08. The average molecular weight is 194 g/mol. The molecule has 0 fully saturated rings. The van der Waals surface area contributed by atoms with Crippen molar-refractivity contribution in [2.75, 3.05) is 0 Å². The number of aromatic nitrogens is 2. The van der Waals surface area contributed by atoms with Gasteiger partial charge in [-0.25, -0.2) is 9.97 Å². The molecule has 0 unspecified atom stereocenters. The summed E-state index contributed by atoms with van der Waals surface area (Å²) in [6.07, 6.45) is 2.04. The van der Waals surface area contributed by atoms with Crippen LogP contribution in [0.4, 0.5) is 0 Å². The Morgan fingerprint density at radius 1 is 0.929 bits per heavy atom. The van der Waals surface area contributed by atoms with Gasteiger partial charge in [-0.1, -0.05) is 27.7 Å². The van der Waals surface area contributed by atoms with Crippen LogP contribution in [-0.2, 0) is 12.8 Å². The number of nitrogens with zero attached hydrogens (tertiary/aromatic N) is 2. The smallest absolute Gasteiger partial charge is 0.125 e. The van der Waals surface area contributed by atoms with Gasteiger partial charge in [0.1, 0.15) is 5.82 Å². The number of hydrogen-bond donors (Lipinski definition) is 0. The molecule has 1 rings (SSSR count). The van der Waals surface area contributed by atoms with Gasteiger partial charge in [-0.3, -0.25) is 0 Å². The van der Waals surface area contributed by atoms with Crippen LogP contribution in [0.2, 0.25) is 0 Å². The molecule has 0 radical (unpaired) electrons. The molecular weight excluding hydrogens is 172 g/mol. The highest BCUT2D eigenvalue weighted by atomic mass is 14.9. The maximum Gasteiger partial charge on any atom is 0.125 e. The van der Waals surface area contributed by atoms with Gasteiger partial charge in [-0.15, -0.1) is 0 Å². The molecule has 0 aromatic carbocycles. The molecule has 0 saturated heterocycles. The SMILES string of the molecule is CC.CCc1nc(C)nc(C)c1CC. The van der Waals surface area contributed by atoms with Gasteiger partial charge in [0, 0.05) is 11.4 Å². The molecular formula is C12H22N2. The molecule has 0 aliphatic carbocycles. The third-order valence-electron chi connectivity index (χ3n) is 2.10. The van der Waals surface area contributed by atoms with Crippen LogP contribution in [0.5, 0.6) is 0 Å². The Kier molecular flexibility index (Phi) is 6.09. The summed E-state index contributed by atoms with van der Waals surface area (Å²) in [5.74, 6) is 0.890. The predicted molar refractivity (Wildman–Crippen MR) is 61.6 cm³/mol. The molecule has 14 heavy (non-hydrogen) atoms. The molecule has 2 heteroatoms. The lowest BCUT2D eigenvalue weighted by molar-refractivity contribution is 0.871. The predicted octanol–water partition coefficient (Wildman–Crippen LogP) is 3.24. The van der Waals surface area contributed by atoms with E-state index in [-0.39, 0.29) is 0 Å². The summed E-state index contributed by atoms with van der Waals surface area (Å²) in [6.45, 7) is 12.3. The minimum Gasteiger partial charge on any atom is -0.238 e. The molecule has 0 N–H and O–H groups in total. The number of hydrogen-bond acceptors (Lipinski definition) is 2. The molecule has 0 spiro atoms. The summed E-state index contributed by atoms with van der Waals surface area (Å²) >= 11 is 0. The van der Waals surface area contributed by atoms with Gasteiger partial charge in [-0.2, -0.15) is 0 Å². The molecule has 0 aliphatic rings. The van der Waals surface area contributed by atoms with Crippen LogP contribution in [0.15, 0.2) is 0 Å². The third kappa shape index (κ3) is 3.09. The first-order valence-corrected chi connectivity index (χ1v) is 5.52. The quantitative estimate of drug-likeness (QED) is 0.722. The molecule has 80 valence electrons. The molecule has 0 amide bonds. The maximum absolute atomic E-state index is 4.41. The van der Waals surface area contributed by atoms with E-state index in [2.05, 4.69) is 30.7 Å². The second kappa shape index (κ2) is 6.52. The highest BCUT2D eigenvalue weighted by molar-refractivity contribution is 5.24. The van der Waals surface area contributed by atoms with Crippen molar-refractivity contribution in [3.05, 3.63) is 22.8 Å². The Balaban J connectivity index is 0.000000791. The van der Waals surface area contributed by atoms with E-state index in [9.17, 15) is 0 Å². The topological polar surface area (TPSA) is 25.8 Å². The Bertz CT molecular complexity index is 280. The molecule has 1 aromatic rings. The number of aryl methyl sites for hydroxylation is 3. The van der Waals surface area contributed by atoms with Crippen LogP contribution in [0.1, 0.15) is 50.5 Å². The van der Waals surface area contributed by atoms with Gasteiger partial charge in [0.25, 0.3) is 0 Å². The van der Waals surface area contributed by atoms with E-state index in [1.807, 2.05) is 20.8 Å². The first-order valence-electron chi connectivity index (χ1n) is 5.52. The van der Waals surface area contributed by atoms with Crippen molar-refractivity contribution < 1.29 is 0 Å². The zero-order valence-electron chi connectivity index (χ0n) is 10.3. The lowest BCUT2D eigenvalue weighted by Crippen LogP contribution is -2.03. The second-order valence-corrected chi connectivity index (χ2v) is 2.99. The van der Waals surface area contributed by atoms with E-state index >= 15 is 0 Å². The minimum atomic E-state index is 0.890. The van der Waals surface area contributed by atoms with Gasteiger partial charge in [0.15, 0.2) is 0 Å². The first-order chi connectivity index (χ1) is 6.69. The monoisotopic (exact) mass is 194 g/mol.